The van der Waals surface area contributed by atoms with E-state index in [2.05, 4.69) is 10.6 Å². The van der Waals surface area contributed by atoms with E-state index in [0.29, 0.717) is 19.6 Å². The molecule has 0 spiro atoms. The summed E-state index contributed by atoms with van der Waals surface area (Å²) in [6.07, 6.45) is 2.86. The lowest BCUT2D eigenvalue weighted by Crippen LogP contribution is -2.35. The zero-order valence-corrected chi connectivity index (χ0v) is 16.3. The molecular formula is C20H24FN3O3S. The van der Waals surface area contributed by atoms with Gasteiger partial charge in [0.2, 0.25) is 10.0 Å². The maximum absolute atomic E-state index is 12.9. The molecule has 0 radical (unpaired) electrons. The molecule has 1 aliphatic heterocycles. The highest BCUT2D eigenvalue weighted by Crippen LogP contribution is 2.20. The van der Waals surface area contributed by atoms with E-state index >= 15 is 0 Å². The normalized spacial score (nSPS) is 15.2. The Kier molecular flexibility index (Phi) is 6.64. The first-order valence-electron chi connectivity index (χ1n) is 9.30. The van der Waals surface area contributed by atoms with E-state index in [1.165, 1.54) is 16.4 Å². The van der Waals surface area contributed by atoms with Gasteiger partial charge in [0, 0.05) is 26.2 Å². The Morgan fingerprint density at radius 2 is 1.36 bits per heavy atom. The second-order valence-electron chi connectivity index (χ2n) is 6.77. The van der Waals surface area contributed by atoms with Crippen molar-refractivity contribution in [1.29, 1.82) is 0 Å². The molecule has 0 bridgehead atoms. The van der Waals surface area contributed by atoms with E-state index in [4.69, 9.17) is 0 Å². The monoisotopic (exact) mass is 405 g/mol. The molecule has 2 amide bonds. The summed E-state index contributed by atoms with van der Waals surface area (Å²) in [4.78, 5) is 12.2. The van der Waals surface area contributed by atoms with Crippen molar-refractivity contribution in [2.75, 3.05) is 13.1 Å². The summed E-state index contributed by atoms with van der Waals surface area (Å²) in [5, 5.41) is 5.41. The van der Waals surface area contributed by atoms with Crippen LogP contribution in [0.1, 0.15) is 30.4 Å². The quantitative estimate of drug-likeness (QED) is 0.776. The molecule has 2 aromatic rings. The van der Waals surface area contributed by atoms with E-state index in [1.807, 2.05) is 0 Å². The Morgan fingerprint density at radius 1 is 0.857 bits per heavy atom. The minimum absolute atomic E-state index is 0.277. The Hall–Kier alpha value is -2.45. The van der Waals surface area contributed by atoms with Crippen LogP contribution in [0.4, 0.5) is 9.18 Å². The molecule has 0 unspecified atom stereocenters. The number of amides is 2. The number of carbonyl (C=O) groups excluding carboxylic acids is 1. The molecule has 1 fully saturated rings. The summed E-state index contributed by atoms with van der Waals surface area (Å²) < 4.78 is 39.7. The minimum Gasteiger partial charge on any atom is -0.334 e. The number of halogens is 1. The van der Waals surface area contributed by atoms with Gasteiger partial charge in [-0.15, -0.1) is 0 Å². The van der Waals surface area contributed by atoms with Gasteiger partial charge in [-0.1, -0.05) is 30.7 Å². The molecule has 3 rings (SSSR count). The van der Waals surface area contributed by atoms with Gasteiger partial charge < -0.3 is 10.6 Å². The van der Waals surface area contributed by atoms with Gasteiger partial charge in [-0.05, 0) is 48.2 Å². The smallest absolute Gasteiger partial charge is 0.315 e. The van der Waals surface area contributed by atoms with Gasteiger partial charge in [0.15, 0.2) is 0 Å². The summed E-state index contributed by atoms with van der Waals surface area (Å²) in [7, 11) is -3.45. The fourth-order valence-corrected chi connectivity index (χ4v) is 4.58. The summed E-state index contributed by atoms with van der Waals surface area (Å²) in [6.45, 7) is 1.71. The highest BCUT2D eigenvalue weighted by atomic mass is 32.2. The van der Waals surface area contributed by atoms with Crippen molar-refractivity contribution < 1.29 is 17.6 Å². The van der Waals surface area contributed by atoms with Gasteiger partial charge in [-0.25, -0.2) is 17.6 Å². The van der Waals surface area contributed by atoms with Gasteiger partial charge in [-0.3, -0.25) is 0 Å². The third-order valence-corrected chi connectivity index (χ3v) is 6.61. The number of hydrogen-bond acceptors (Lipinski definition) is 3. The molecule has 0 atom stereocenters. The highest BCUT2D eigenvalue weighted by Gasteiger charge is 2.25. The molecule has 28 heavy (non-hydrogen) atoms. The molecule has 0 aromatic heterocycles. The van der Waals surface area contributed by atoms with E-state index in [1.54, 1.807) is 36.4 Å². The largest absolute Gasteiger partial charge is 0.334 e. The first kappa shape index (κ1) is 20.3. The van der Waals surface area contributed by atoms with E-state index in [0.717, 1.165) is 30.4 Å². The highest BCUT2D eigenvalue weighted by molar-refractivity contribution is 7.89. The first-order chi connectivity index (χ1) is 13.4. The lowest BCUT2D eigenvalue weighted by Gasteiger charge is -2.25. The van der Waals surface area contributed by atoms with Crippen molar-refractivity contribution >= 4 is 16.1 Å². The second-order valence-corrected chi connectivity index (χ2v) is 8.71. The zero-order valence-electron chi connectivity index (χ0n) is 15.5. The molecule has 2 N–H and O–H groups in total. The number of sulfonamides is 1. The van der Waals surface area contributed by atoms with Gasteiger partial charge in [-0.2, -0.15) is 4.31 Å². The SMILES string of the molecule is O=C(NCc1ccc(F)cc1)NCc1ccc(S(=O)(=O)N2CCCCC2)cc1. The molecule has 8 heteroatoms. The topological polar surface area (TPSA) is 78.5 Å². The number of carbonyl (C=O) groups is 1. The Labute approximate surface area is 164 Å². The maximum Gasteiger partial charge on any atom is 0.315 e. The molecule has 1 saturated heterocycles. The van der Waals surface area contributed by atoms with Crippen LogP contribution in [0.15, 0.2) is 53.4 Å². The summed E-state index contributed by atoms with van der Waals surface area (Å²) in [5.74, 6) is -0.320. The van der Waals surface area contributed by atoms with Gasteiger partial charge in [0.1, 0.15) is 5.82 Å². The van der Waals surface area contributed by atoms with Crippen molar-refractivity contribution in [3.05, 3.63) is 65.5 Å². The van der Waals surface area contributed by atoms with E-state index in [9.17, 15) is 17.6 Å². The average molecular weight is 405 g/mol. The van der Waals surface area contributed by atoms with E-state index in [-0.39, 0.29) is 23.3 Å². The van der Waals surface area contributed by atoms with Crippen LogP contribution in [0, 0.1) is 5.82 Å². The van der Waals surface area contributed by atoms with Crippen LogP contribution in [0.3, 0.4) is 0 Å². The third kappa shape index (κ3) is 5.30. The van der Waals surface area contributed by atoms with Gasteiger partial charge in [0.05, 0.1) is 4.90 Å². The molecule has 150 valence electrons. The van der Waals surface area contributed by atoms with Crippen LogP contribution in [-0.2, 0) is 23.1 Å². The predicted octanol–water partition coefficient (Wildman–Crippen LogP) is 3.00. The van der Waals surface area contributed by atoms with Crippen LogP contribution < -0.4 is 10.6 Å². The standard InChI is InChI=1S/C20H24FN3O3S/c21-18-8-4-16(5-9-18)14-22-20(25)23-15-17-6-10-19(11-7-17)28(26,27)24-12-2-1-3-13-24/h4-11H,1-3,12-15H2,(H2,22,23,25). The minimum atomic E-state index is -3.45. The van der Waals surface area contributed by atoms with Gasteiger partial charge in [0.25, 0.3) is 0 Å². The predicted molar refractivity (Wildman–Crippen MR) is 105 cm³/mol. The molecule has 2 aromatic carbocycles. The number of rotatable bonds is 6. The van der Waals surface area contributed by atoms with E-state index < -0.39 is 10.0 Å². The Bertz CT molecular complexity index is 893. The molecule has 6 nitrogen and oxygen atoms in total. The Morgan fingerprint density at radius 3 is 1.89 bits per heavy atom. The number of piperidine rings is 1. The fourth-order valence-electron chi connectivity index (χ4n) is 3.06. The van der Waals surface area contributed by atoms with Crippen molar-refractivity contribution in [3.8, 4) is 0 Å². The lowest BCUT2D eigenvalue weighted by atomic mass is 10.2. The van der Waals surface area contributed by atoms with Crippen LogP contribution >= 0.6 is 0 Å². The molecular weight excluding hydrogens is 381 g/mol. The third-order valence-electron chi connectivity index (χ3n) is 4.70. The molecule has 1 heterocycles. The maximum atomic E-state index is 12.9. The fraction of sp³-hybridized carbons (Fsp3) is 0.350. The number of nitrogens with one attached hydrogen (secondary N) is 2. The molecule has 1 aliphatic rings. The van der Waals surface area contributed by atoms with Crippen LogP contribution in [-0.4, -0.2) is 31.8 Å². The number of benzene rings is 2. The summed E-state index contributed by atoms with van der Waals surface area (Å²) in [6, 6.07) is 12.1. The van der Waals surface area contributed by atoms with Crippen LogP contribution in [0.5, 0.6) is 0 Å². The summed E-state index contributed by atoms with van der Waals surface area (Å²) >= 11 is 0. The number of hydrogen-bond donors (Lipinski definition) is 2. The van der Waals surface area contributed by atoms with Crippen LogP contribution in [0.2, 0.25) is 0 Å². The summed E-state index contributed by atoms with van der Waals surface area (Å²) in [5.41, 5.74) is 1.60. The van der Waals surface area contributed by atoms with Crippen LogP contribution in [0.25, 0.3) is 0 Å². The second kappa shape index (κ2) is 9.16. The number of urea groups is 1. The van der Waals surface area contributed by atoms with Crippen molar-refractivity contribution in [2.45, 2.75) is 37.2 Å². The van der Waals surface area contributed by atoms with Crippen molar-refractivity contribution in [2.24, 2.45) is 0 Å². The molecule has 0 aliphatic carbocycles. The average Bonchev–Trinajstić information content (AvgIpc) is 2.73. The molecule has 0 saturated carbocycles. The van der Waals surface area contributed by atoms with Crippen molar-refractivity contribution in [1.82, 2.24) is 14.9 Å². The van der Waals surface area contributed by atoms with Gasteiger partial charge >= 0.3 is 6.03 Å². The van der Waals surface area contributed by atoms with Crippen molar-refractivity contribution in [3.63, 3.8) is 0 Å². The number of nitrogens with zero attached hydrogens (tertiary/aromatic N) is 1. The zero-order chi connectivity index (χ0) is 20.0. The Balaban J connectivity index is 1.49. The lowest BCUT2D eigenvalue weighted by molar-refractivity contribution is 0.240. The first-order valence-corrected chi connectivity index (χ1v) is 10.7.